The number of fused-ring (bicyclic) bond motifs is 1. The van der Waals surface area contributed by atoms with Crippen LogP contribution in [0.4, 0.5) is 9.93 Å². The molecule has 1 aliphatic rings. The van der Waals surface area contributed by atoms with Crippen molar-refractivity contribution >= 4 is 50.2 Å². The van der Waals surface area contributed by atoms with E-state index in [4.69, 9.17) is 9.84 Å². The highest BCUT2D eigenvalue weighted by molar-refractivity contribution is 7.22. The lowest BCUT2D eigenvalue weighted by atomic mass is 9.86. The molecule has 2 atom stereocenters. The first-order valence-corrected chi connectivity index (χ1v) is 13.0. The van der Waals surface area contributed by atoms with Gasteiger partial charge in [0.15, 0.2) is 5.13 Å². The van der Waals surface area contributed by atoms with E-state index in [1.165, 1.54) is 11.3 Å². The summed E-state index contributed by atoms with van der Waals surface area (Å²) in [5, 5.41) is 14.8. The van der Waals surface area contributed by atoms with Gasteiger partial charge in [-0.3, -0.25) is 19.9 Å². The van der Waals surface area contributed by atoms with Gasteiger partial charge in [0.1, 0.15) is 6.10 Å². The van der Waals surface area contributed by atoms with E-state index in [1.807, 2.05) is 55.5 Å². The van der Waals surface area contributed by atoms with Gasteiger partial charge in [-0.15, -0.1) is 0 Å². The third kappa shape index (κ3) is 6.33. The molecule has 1 aromatic carbocycles. The number of amides is 2. The number of anilines is 1. The van der Waals surface area contributed by atoms with E-state index in [1.54, 1.807) is 13.1 Å². The zero-order valence-electron chi connectivity index (χ0n) is 21.1. The minimum absolute atomic E-state index is 0.176. The fourth-order valence-corrected chi connectivity index (χ4v) is 5.09. The van der Waals surface area contributed by atoms with E-state index in [0.29, 0.717) is 11.7 Å². The van der Waals surface area contributed by atoms with E-state index in [2.05, 4.69) is 27.2 Å². The number of carboxylic acid groups (broad SMARTS) is 1. The Morgan fingerprint density at radius 2 is 2.05 bits per heavy atom. The second kappa shape index (κ2) is 11.8. The van der Waals surface area contributed by atoms with Crippen LogP contribution < -0.4 is 10.6 Å². The normalized spacial score (nSPS) is 15.6. The van der Waals surface area contributed by atoms with Crippen molar-refractivity contribution in [2.75, 3.05) is 11.9 Å². The molecule has 0 bridgehead atoms. The SMILES string of the molecule is C=C1C=C(c2cc(-c3ccccn3)c3sc(NC(=O)NCC)nc3c2)C=CC1C(C)OC(=O)CCC(=O)O. The van der Waals surface area contributed by atoms with Crippen LogP contribution in [0.15, 0.2) is 66.9 Å². The number of aliphatic carboxylic acids is 1. The molecular formula is C28H28N4O5S. The number of benzene rings is 1. The molecule has 0 radical (unpaired) electrons. The van der Waals surface area contributed by atoms with Gasteiger partial charge in [-0.25, -0.2) is 9.78 Å². The standard InChI is InChI=1S/C28H28N4O5S/c1-4-29-27(36)32-28-31-23-15-19(14-21(26(23)38-28)22-7-5-6-12-30-22)18-8-9-20(16(2)13-18)17(3)37-25(35)11-10-24(33)34/h5-9,12-15,17,20H,2,4,10-11H2,1,3H3,(H,33,34)(H2,29,31,32,36). The number of thiazole rings is 1. The summed E-state index contributed by atoms with van der Waals surface area (Å²) in [6, 6.07) is 9.38. The molecule has 0 saturated heterocycles. The Morgan fingerprint density at radius 1 is 1.24 bits per heavy atom. The number of carbonyl (C=O) groups excluding carboxylic acids is 2. The van der Waals surface area contributed by atoms with E-state index >= 15 is 0 Å². The summed E-state index contributed by atoms with van der Waals surface area (Å²) in [7, 11) is 0. The number of nitrogens with one attached hydrogen (secondary N) is 2. The summed E-state index contributed by atoms with van der Waals surface area (Å²) in [4.78, 5) is 43.9. The number of ether oxygens (including phenoxy) is 1. The second-order valence-corrected chi connectivity index (χ2v) is 9.74. The number of carboxylic acids is 1. The maximum Gasteiger partial charge on any atom is 0.321 e. The van der Waals surface area contributed by atoms with Crippen LogP contribution in [0.5, 0.6) is 0 Å². The molecule has 38 heavy (non-hydrogen) atoms. The molecule has 3 N–H and O–H groups in total. The van der Waals surface area contributed by atoms with Crippen molar-refractivity contribution in [1.29, 1.82) is 0 Å². The van der Waals surface area contributed by atoms with Crippen LogP contribution in [0, 0.1) is 5.92 Å². The summed E-state index contributed by atoms with van der Waals surface area (Å²) in [5.41, 5.74) is 4.96. The monoisotopic (exact) mass is 532 g/mol. The maximum absolute atomic E-state index is 12.1. The van der Waals surface area contributed by atoms with Gasteiger partial charge in [-0.1, -0.05) is 42.2 Å². The van der Waals surface area contributed by atoms with Crippen molar-refractivity contribution in [3.63, 3.8) is 0 Å². The fraction of sp³-hybridized carbons (Fsp3) is 0.250. The van der Waals surface area contributed by atoms with Crippen LogP contribution in [0.25, 0.3) is 27.0 Å². The van der Waals surface area contributed by atoms with Gasteiger partial charge < -0.3 is 15.2 Å². The molecule has 9 nitrogen and oxygen atoms in total. The largest absolute Gasteiger partial charge is 0.481 e. The Morgan fingerprint density at radius 3 is 2.74 bits per heavy atom. The van der Waals surface area contributed by atoms with Gasteiger partial charge in [0, 0.05) is 24.2 Å². The molecule has 2 heterocycles. The Bertz CT molecular complexity index is 1440. The van der Waals surface area contributed by atoms with Crippen LogP contribution in [0.1, 0.15) is 32.3 Å². The van der Waals surface area contributed by atoms with E-state index < -0.39 is 18.0 Å². The van der Waals surface area contributed by atoms with Crippen molar-refractivity contribution < 1.29 is 24.2 Å². The van der Waals surface area contributed by atoms with Crippen molar-refractivity contribution in [3.05, 3.63) is 72.5 Å². The number of esters is 1. The Labute approximate surface area is 224 Å². The predicted molar refractivity (Wildman–Crippen MR) is 148 cm³/mol. The summed E-state index contributed by atoms with van der Waals surface area (Å²) in [5.74, 6) is -1.83. The summed E-state index contributed by atoms with van der Waals surface area (Å²) in [6.07, 6.45) is 6.61. The third-order valence-corrected chi connectivity index (χ3v) is 6.96. The fourth-order valence-electron chi connectivity index (χ4n) is 4.13. The van der Waals surface area contributed by atoms with E-state index in [0.717, 1.165) is 38.2 Å². The highest BCUT2D eigenvalue weighted by Gasteiger charge is 2.24. The number of hydrogen-bond donors (Lipinski definition) is 3. The molecule has 2 unspecified atom stereocenters. The molecule has 2 aromatic heterocycles. The Balaban J connectivity index is 1.62. The lowest BCUT2D eigenvalue weighted by molar-refractivity contribution is -0.152. The number of urea groups is 1. The van der Waals surface area contributed by atoms with Crippen molar-refractivity contribution in [1.82, 2.24) is 15.3 Å². The van der Waals surface area contributed by atoms with Crippen LogP contribution in [0.2, 0.25) is 0 Å². The second-order valence-electron chi connectivity index (χ2n) is 8.74. The molecule has 10 heteroatoms. The average Bonchev–Trinajstić information content (AvgIpc) is 3.29. The van der Waals surface area contributed by atoms with Gasteiger partial charge in [0.2, 0.25) is 0 Å². The number of allylic oxidation sites excluding steroid dienone is 3. The van der Waals surface area contributed by atoms with Crippen molar-refractivity contribution in [3.8, 4) is 11.3 Å². The number of aromatic nitrogens is 2. The van der Waals surface area contributed by atoms with Crippen LogP contribution in [-0.4, -0.2) is 45.7 Å². The van der Waals surface area contributed by atoms with Gasteiger partial charge >= 0.3 is 18.0 Å². The Kier molecular flexibility index (Phi) is 8.32. The molecule has 0 aliphatic heterocycles. The molecule has 4 rings (SSSR count). The zero-order chi connectivity index (χ0) is 27.2. The number of rotatable bonds is 9. The first-order valence-electron chi connectivity index (χ1n) is 12.2. The molecule has 3 aromatic rings. The quantitative estimate of drug-likeness (QED) is 0.314. The number of carbonyl (C=O) groups is 3. The van der Waals surface area contributed by atoms with Crippen LogP contribution in [-0.2, 0) is 14.3 Å². The first kappa shape index (κ1) is 26.7. The summed E-state index contributed by atoms with van der Waals surface area (Å²) < 4.78 is 6.34. The highest BCUT2D eigenvalue weighted by atomic mass is 32.1. The van der Waals surface area contributed by atoms with E-state index in [-0.39, 0.29) is 24.8 Å². The van der Waals surface area contributed by atoms with Crippen molar-refractivity contribution in [2.45, 2.75) is 32.8 Å². The smallest absolute Gasteiger partial charge is 0.321 e. The lowest BCUT2D eigenvalue weighted by Gasteiger charge is -2.25. The molecule has 0 saturated carbocycles. The number of nitrogens with zero attached hydrogens (tertiary/aromatic N) is 2. The van der Waals surface area contributed by atoms with Gasteiger partial charge in [-0.2, -0.15) is 0 Å². The minimum Gasteiger partial charge on any atom is -0.481 e. The van der Waals surface area contributed by atoms with Crippen LogP contribution in [0.3, 0.4) is 0 Å². The summed E-state index contributed by atoms with van der Waals surface area (Å²) in [6.45, 7) is 8.29. The lowest BCUT2D eigenvalue weighted by Crippen LogP contribution is -2.28. The average molecular weight is 533 g/mol. The Hall–Kier alpha value is -4.31. The molecule has 1 aliphatic carbocycles. The topological polar surface area (TPSA) is 131 Å². The predicted octanol–water partition coefficient (Wildman–Crippen LogP) is 5.42. The molecule has 0 fully saturated rings. The van der Waals surface area contributed by atoms with Gasteiger partial charge in [-0.05, 0) is 54.8 Å². The van der Waals surface area contributed by atoms with E-state index in [9.17, 15) is 14.4 Å². The van der Waals surface area contributed by atoms with Gasteiger partial charge in [0.25, 0.3) is 0 Å². The first-order chi connectivity index (χ1) is 18.2. The summed E-state index contributed by atoms with van der Waals surface area (Å²) >= 11 is 1.38. The highest BCUT2D eigenvalue weighted by Crippen LogP contribution is 2.39. The molecule has 196 valence electrons. The number of hydrogen-bond acceptors (Lipinski definition) is 7. The van der Waals surface area contributed by atoms with Crippen molar-refractivity contribution in [2.24, 2.45) is 5.92 Å². The van der Waals surface area contributed by atoms with Gasteiger partial charge in [0.05, 0.1) is 28.8 Å². The zero-order valence-corrected chi connectivity index (χ0v) is 21.9. The molecule has 0 spiro atoms. The minimum atomic E-state index is -1.04. The third-order valence-electron chi connectivity index (χ3n) is 5.94. The van der Waals surface area contributed by atoms with Crippen LogP contribution >= 0.6 is 11.3 Å². The molecular weight excluding hydrogens is 504 g/mol. The number of pyridine rings is 1. The molecule has 2 amide bonds. The maximum atomic E-state index is 12.1.